The fourth-order valence-electron chi connectivity index (χ4n) is 2.00. The number of benzene rings is 1. The molecule has 2 N–H and O–H groups in total. The van der Waals surface area contributed by atoms with E-state index in [4.69, 9.17) is 4.74 Å². The summed E-state index contributed by atoms with van der Waals surface area (Å²) in [4.78, 5) is 23.7. The van der Waals surface area contributed by atoms with Crippen molar-refractivity contribution in [2.75, 3.05) is 6.54 Å². The van der Waals surface area contributed by atoms with E-state index in [0.717, 1.165) is 10.5 Å². The number of carbonyl (C=O) groups is 2. The molecule has 0 radical (unpaired) electrons. The van der Waals surface area contributed by atoms with Crippen molar-refractivity contribution < 1.29 is 24.5 Å². The maximum atomic E-state index is 11.8. The Morgan fingerprint density at radius 1 is 1.37 bits per heavy atom. The SMILES string of the molecule is O=C[C@@H]1[C@@H](O)[C@@H](O)CN1C(=O)OCc1ccccc1. The highest BCUT2D eigenvalue weighted by atomic mass is 16.6. The molecule has 19 heavy (non-hydrogen) atoms. The monoisotopic (exact) mass is 265 g/mol. The molecule has 6 heteroatoms. The van der Waals surface area contributed by atoms with Gasteiger partial charge in [-0.1, -0.05) is 30.3 Å². The average molecular weight is 265 g/mol. The number of ether oxygens (including phenoxy) is 1. The third-order valence-corrected chi connectivity index (χ3v) is 3.07. The molecule has 1 aromatic carbocycles. The molecule has 3 atom stereocenters. The zero-order valence-corrected chi connectivity index (χ0v) is 10.2. The van der Waals surface area contributed by atoms with Crippen LogP contribution in [0.25, 0.3) is 0 Å². The Morgan fingerprint density at radius 3 is 2.68 bits per heavy atom. The van der Waals surface area contributed by atoms with Gasteiger partial charge in [-0.2, -0.15) is 0 Å². The van der Waals surface area contributed by atoms with Gasteiger partial charge in [-0.25, -0.2) is 4.79 Å². The number of amides is 1. The van der Waals surface area contributed by atoms with Gasteiger partial charge in [-0.05, 0) is 5.56 Å². The van der Waals surface area contributed by atoms with Crippen molar-refractivity contribution in [3.05, 3.63) is 35.9 Å². The lowest BCUT2D eigenvalue weighted by Gasteiger charge is -2.20. The van der Waals surface area contributed by atoms with E-state index in [1.165, 1.54) is 0 Å². The number of hydrogen-bond acceptors (Lipinski definition) is 5. The molecular formula is C13H15NO5. The Labute approximate surface area is 110 Å². The zero-order chi connectivity index (χ0) is 13.8. The number of rotatable bonds is 3. The lowest BCUT2D eigenvalue weighted by Crippen LogP contribution is -2.41. The summed E-state index contributed by atoms with van der Waals surface area (Å²) in [6, 6.07) is 8.04. The number of aliphatic hydroxyl groups excluding tert-OH is 2. The van der Waals surface area contributed by atoms with Gasteiger partial charge in [0.15, 0.2) is 0 Å². The largest absolute Gasteiger partial charge is 0.445 e. The number of aldehydes is 1. The molecule has 1 aliphatic heterocycles. The van der Waals surface area contributed by atoms with Crippen molar-refractivity contribution in [2.45, 2.75) is 24.9 Å². The molecule has 0 spiro atoms. The summed E-state index contributed by atoms with van der Waals surface area (Å²) in [5.74, 6) is 0. The molecule has 1 heterocycles. The quantitative estimate of drug-likeness (QED) is 0.747. The minimum atomic E-state index is -1.26. The number of β-amino-alcohol motifs (C(OH)–C–C–N with tert-alkyl or cyclic N) is 1. The Kier molecular flexibility index (Phi) is 4.13. The van der Waals surface area contributed by atoms with Gasteiger partial charge >= 0.3 is 6.09 Å². The summed E-state index contributed by atoms with van der Waals surface area (Å²) >= 11 is 0. The molecule has 2 rings (SSSR count). The minimum absolute atomic E-state index is 0.0773. The molecule has 102 valence electrons. The van der Waals surface area contributed by atoms with E-state index in [1.807, 2.05) is 18.2 Å². The van der Waals surface area contributed by atoms with Crippen LogP contribution in [0.15, 0.2) is 30.3 Å². The molecule has 0 saturated carbocycles. The second kappa shape index (κ2) is 5.81. The van der Waals surface area contributed by atoms with Gasteiger partial charge in [-0.3, -0.25) is 4.90 Å². The van der Waals surface area contributed by atoms with Crippen LogP contribution in [0, 0.1) is 0 Å². The van der Waals surface area contributed by atoms with Gasteiger partial charge in [0, 0.05) is 0 Å². The van der Waals surface area contributed by atoms with Crippen LogP contribution in [0.5, 0.6) is 0 Å². The first-order chi connectivity index (χ1) is 9.13. The van der Waals surface area contributed by atoms with Gasteiger partial charge in [-0.15, -0.1) is 0 Å². The molecule has 0 unspecified atom stereocenters. The number of carbonyl (C=O) groups excluding carboxylic acids is 2. The molecule has 1 saturated heterocycles. The number of aliphatic hydroxyl groups is 2. The molecule has 1 amide bonds. The molecule has 1 aliphatic rings. The van der Waals surface area contributed by atoms with Crippen molar-refractivity contribution in [3.8, 4) is 0 Å². The summed E-state index contributed by atoms with van der Waals surface area (Å²) in [6.45, 7) is -0.0356. The highest BCUT2D eigenvalue weighted by Gasteiger charge is 2.43. The van der Waals surface area contributed by atoms with E-state index >= 15 is 0 Å². The van der Waals surface area contributed by atoms with E-state index in [0.29, 0.717) is 6.29 Å². The van der Waals surface area contributed by atoms with E-state index in [1.54, 1.807) is 12.1 Å². The molecular weight excluding hydrogens is 250 g/mol. The Balaban J connectivity index is 1.95. The summed E-state index contributed by atoms with van der Waals surface area (Å²) < 4.78 is 5.05. The third-order valence-electron chi connectivity index (χ3n) is 3.07. The Bertz CT molecular complexity index is 450. The predicted octanol–water partition coefficient (Wildman–Crippen LogP) is -0.0719. The number of hydrogen-bond donors (Lipinski definition) is 2. The molecule has 1 aromatic rings. The maximum Gasteiger partial charge on any atom is 0.410 e. The normalized spacial score (nSPS) is 26.2. The molecule has 6 nitrogen and oxygen atoms in total. The predicted molar refractivity (Wildman–Crippen MR) is 65.2 cm³/mol. The van der Waals surface area contributed by atoms with E-state index in [-0.39, 0.29) is 13.2 Å². The molecule has 0 bridgehead atoms. The van der Waals surface area contributed by atoms with Gasteiger partial charge in [0.2, 0.25) is 0 Å². The lowest BCUT2D eigenvalue weighted by molar-refractivity contribution is -0.114. The summed E-state index contributed by atoms with van der Waals surface area (Å²) in [5, 5.41) is 19.0. The summed E-state index contributed by atoms with van der Waals surface area (Å²) in [6.07, 6.45) is -2.68. The smallest absolute Gasteiger partial charge is 0.410 e. The topological polar surface area (TPSA) is 87.1 Å². The fraction of sp³-hybridized carbons (Fsp3) is 0.385. The molecule has 0 aromatic heterocycles. The second-order valence-electron chi connectivity index (χ2n) is 4.38. The van der Waals surface area contributed by atoms with Crippen molar-refractivity contribution >= 4 is 12.4 Å². The highest BCUT2D eigenvalue weighted by Crippen LogP contribution is 2.18. The Hall–Kier alpha value is -1.92. The number of nitrogens with zero attached hydrogens (tertiary/aromatic N) is 1. The lowest BCUT2D eigenvalue weighted by atomic mass is 10.1. The van der Waals surface area contributed by atoms with Gasteiger partial charge in [0.25, 0.3) is 0 Å². The van der Waals surface area contributed by atoms with E-state index in [9.17, 15) is 19.8 Å². The first kappa shape index (κ1) is 13.5. The Morgan fingerprint density at radius 2 is 2.05 bits per heavy atom. The first-order valence-corrected chi connectivity index (χ1v) is 5.92. The van der Waals surface area contributed by atoms with Crippen LogP contribution in [-0.2, 0) is 16.1 Å². The zero-order valence-electron chi connectivity index (χ0n) is 10.2. The van der Waals surface area contributed by atoms with Crippen LogP contribution in [-0.4, -0.2) is 52.3 Å². The maximum absolute atomic E-state index is 11.8. The van der Waals surface area contributed by atoms with Crippen LogP contribution in [0.3, 0.4) is 0 Å². The minimum Gasteiger partial charge on any atom is -0.445 e. The van der Waals surface area contributed by atoms with Crippen LogP contribution in [0.1, 0.15) is 5.56 Å². The van der Waals surface area contributed by atoms with Crippen molar-refractivity contribution in [2.24, 2.45) is 0 Å². The first-order valence-electron chi connectivity index (χ1n) is 5.92. The van der Waals surface area contributed by atoms with Gasteiger partial charge in [0.05, 0.1) is 6.54 Å². The third kappa shape index (κ3) is 2.91. The van der Waals surface area contributed by atoms with Crippen LogP contribution < -0.4 is 0 Å². The van der Waals surface area contributed by atoms with Gasteiger partial charge < -0.3 is 19.7 Å². The van der Waals surface area contributed by atoms with Crippen LogP contribution in [0.2, 0.25) is 0 Å². The van der Waals surface area contributed by atoms with Crippen molar-refractivity contribution in [1.29, 1.82) is 0 Å². The fourth-order valence-corrected chi connectivity index (χ4v) is 2.00. The second-order valence-corrected chi connectivity index (χ2v) is 4.38. The van der Waals surface area contributed by atoms with Gasteiger partial charge in [0.1, 0.15) is 31.1 Å². The molecule has 0 aliphatic carbocycles. The molecule has 1 fully saturated rings. The number of likely N-dealkylation sites (tertiary alicyclic amines) is 1. The highest BCUT2D eigenvalue weighted by molar-refractivity contribution is 5.75. The van der Waals surface area contributed by atoms with E-state index < -0.39 is 24.3 Å². The average Bonchev–Trinajstić information content (AvgIpc) is 2.73. The summed E-state index contributed by atoms with van der Waals surface area (Å²) in [5.41, 5.74) is 0.818. The van der Waals surface area contributed by atoms with Crippen LogP contribution >= 0.6 is 0 Å². The van der Waals surface area contributed by atoms with Crippen molar-refractivity contribution in [3.63, 3.8) is 0 Å². The summed E-state index contributed by atoms with van der Waals surface area (Å²) in [7, 11) is 0. The van der Waals surface area contributed by atoms with E-state index in [2.05, 4.69) is 0 Å². The standard InChI is InChI=1S/C13H15NO5/c15-7-10-12(17)11(16)6-14(10)13(18)19-8-9-4-2-1-3-5-9/h1-5,7,10-12,16-17H,6,8H2/t10-,11+,12-/m1/s1. The van der Waals surface area contributed by atoms with Crippen LogP contribution in [0.4, 0.5) is 4.79 Å². The van der Waals surface area contributed by atoms with Crippen molar-refractivity contribution in [1.82, 2.24) is 4.90 Å².